The van der Waals surface area contributed by atoms with Gasteiger partial charge in [0.1, 0.15) is 0 Å². The number of hydrogen-bond acceptors (Lipinski definition) is 3. The monoisotopic (exact) mass is 325 g/mol. The Morgan fingerprint density at radius 1 is 1.13 bits per heavy atom. The maximum atomic E-state index is 13.3. The highest BCUT2D eigenvalue weighted by Crippen LogP contribution is 2.36. The molecule has 130 valence electrons. The number of hydrazine groups is 1. The number of alkyl halides is 2. The molecular weight excluding hydrogens is 296 g/mol. The predicted octanol–water partition coefficient (Wildman–Crippen LogP) is 4.51. The first-order chi connectivity index (χ1) is 11.2. The summed E-state index contributed by atoms with van der Waals surface area (Å²) in [6, 6.07) is 3.60. The minimum absolute atomic E-state index is 0.129. The Bertz CT molecular complexity index is 527. The predicted molar refractivity (Wildman–Crippen MR) is 94.8 cm³/mol. The Morgan fingerprint density at radius 3 is 2.39 bits per heavy atom. The molecule has 23 heavy (non-hydrogen) atoms. The molecule has 0 radical (unpaired) electrons. The molecule has 0 saturated heterocycles. The molecule has 0 fully saturated rings. The first-order valence-corrected chi connectivity index (χ1v) is 8.50. The zero-order chi connectivity index (χ0) is 17.4. The number of hydrogen-bond donors (Lipinski definition) is 2. The topological polar surface area (TPSA) is 27.3 Å². The molecule has 0 aliphatic carbocycles. The van der Waals surface area contributed by atoms with Gasteiger partial charge in [0.2, 0.25) is 0 Å². The molecule has 0 aromatic heterocycles. The molecule has 3 nitrogen and oxygen atoms in total. The van der Waals surface area contributed by atoms with E-state index in [9.17, 15) is 8.78 Å². The van der Waals surface area contributed by atoms with Crippen LogP contribution in [0.5, 0.6) is 0 Å². The third-order valence-corrected chi connectivity index (χ3v) is 3.81. The van der Waals surface area contributed by atoms with Gasteiger partial charge in [-0.15, -0.1) is 0 Å². The van der Waals surface area contributed by atoms with Crippen LogP contribution in [0.4, 0.5) is 14.5 Å². The van der Waals surface area contributed by atoms with Gasteiger partial charge in [-0.2, -0.15) is 0 Å². The summed E-state index contributed by atoms with van der Waals surface area (Å²) in [6.07, 6.45) is 1.36. The molecule has 0 unspecified atom stereocenters. The summed E-state index contributed by atoms with van der Waals surface area (Å²) in [4.78, 5) is 2.06. The number of halogens is 2. The van der Waals surface area contributed by atoms with Crippen molar-refractivity contribution in [3.63, 3.8) is 0 Å². The summed E-state index contributed by atoms with van der Waals surface area (Å²) in [5.41, 5.74) is 9.59. The lowest BCUT2D eigenvalue weighted by molar-refractivity contribution is 0.151. The maximum Gasteiger partial charge on any atom is 0.264 e. The molecule has 1 aromatic rings. The van der Waals surface area contributed by atoms with Crippen molar-refractivity contribution < 1.29 is 8.78 Å². The summed E-state index contributed by atoms with van der Waals surface area (Å²) in [5, 5.41) is 0. The van der Waals surface area contributed by atoms with Crippen LogP contribution in [0.25, 0.3) is 5.57 Å². The van der Waals surface area contributed by atoms with Crippen molar-refractivity contribution in [2.24, 2.45) is 0 Å². The highest BCUT2D eigenvalue weighted by Gasteiger charge is 2.23. The average molecular weight is 325 g/mol. The number of rotatable bonds is 2. The van der Waals surface area contributed by atoms with Gasteiger partial charge in [0.05, 0.1) is 0 Å². The van der Waals surface area contributed by atoms with Crippen molar-refractivity contribution in [2.75, 3.05) is 25.0 Å². The van der Waals surface area contributed by atoms with E-state index in [2.05, 4.69) is 15.8 Å². The van der Waals surface area contributed by atoms with Crippen LogP contribution < -0.4 is 15.8 Å². The molecule has 2 N–H and O–H groups in total. The number of fused-ring (bicyclic) bond motifs is 1. The van der Waals surface area contributed by atoms with Crippen LogP contribution in [-0.4, -0.2) is 20.1 Å². The first kappa shape index (κ1) is 19.4. The van der Waals surface area contributed by atoms with Crippen LogP contribution in [0.15, 0.2) is 18.3 Å². The fourth-order valence-electron chi connectivity index (χ4n) is 2.80. The fourth-order valence-corrected chi connectivity index (χ4v) is 2.80. The van der Waals surface area contributed by atoms with E-state index in [1.165, 1.54) is 5.56 Å². The molecule has 0 saturated carbocycles. The van der Waals surface area contributed by atoms with Crippen LogP contribution >= 0.6 is 0 Å². The van der Waals surface area contributed by atoms with Gasteiger partial charge in [0.15, 0.2) is 0 Å². The molecule has 0 atom stereocenters. The molecule has 2 heterocycles. The molecule has 2 aliphatic rings. The zero-order valence-electron chi connectivity index (χ0n) is 14.8. The van der Waals surface area contributed by atoms with Crippen LogP contribution in [0.1, 0.15) is 57.2 Å². The van der Waals surface area contributed by atoms with Crippen molar-refractivity contribution in [2.45, 2.75) is 47.0 Å². The van der Waals surface area contributed by atoms with Gasteiger partial charge in [-0.25, -0.2) is 14.2 Å². The molecule has 5 heteroatoms. The molecular formula is C18H29F2N3. The highest BCUT2D eigenvalue weighted by atomic mass is 19.3. The van der Waals surface area contributed by atoms with E-state index in [4.69, 9.17) is 0 Å². The Balaban J connectivity index is 0.000000615. The Labute approximate surface area is 138 Å². The van der Waals surface area contributed by atoms with Gasteiger partial charge in [0.25, 0.3) is 6.43 Å². The normalized spacial score (nSPS) is 15.7. The van der Waals surface area contributed by atoms with Gasteiger partial charge in [-0.1, -0.05) is 27.7 Å². The maximum absolute atomic E-state index is 13.3. The molecule has 0 spiro atoms. The van der Waals surface area contributed by atoms with Crippen LogP contribution in [0.3, 0.4) is 0 Å². The summed E-state index contributed by atoms with van der Waals surface area (Å²) < 4.78 is 26.6. The SMILES string of the molecule is CC.CC.CN1CCCc2cc(C3=CNNC3)c(C(F)F)cc21. The van der Waals surface area contributed by atoms with Gasteiger partial charge in [-0.05, 0) is 41.7 Å². The van der Waals surface area contributed by atoms with E-state index in [0.29, 0.717) is 12.1 Å². The largest absolute Gasteiger partial charge is 0.374 e. The van der Waals surface area contributed by atoms with Crippen LogP contribution in [-0.2, 0) is 6.42 Å². The fraction of sp³-hybridized carbons (Fsp3) is 0.556. The van der Waals surface area contributed by atoms with E-state index in [1.807, 2.05) is 40.8 Å². The number of benzene rings is 1. The van der Waals surface area contributed by atoms with E-state index in [-0.39, 0.29) is 5.56 Å². The number of anilines is 1. The number of nitrogens with zero attached hydrogens (tertiary/aromatic N) is 1. The van der Waals surface area contributed by atoms with E-state index in [0.717, 1.165) is 30.6 Å². The highest BCUT2D eigenvalue weighted by molar-refractivity contribution is 5.75. The van der Waals surface area contributed by atoms with Gasteiger partial charge < -0.3 is 10.3 Å². The molecule has 3 rings (SSSR count). The van der Waals surface area contributed by atoms with E-state index >= 15 is 0 Å². The van der Waals surface area contributed by atoms with E-state index < -0.39 is 6.43 Å². The van der Waals surface area contributed by atoms with Gasteiger partial charge in [-0.3, -0.25) is 0 Å². The van der Waals surface area contributed by atoms with Crippen molar-refractivity contribution in [1.29, 1.82) is 0 Å². The number of nitrogens with one attached hydrogen (secondary N) is 2. The third-order valence-electron chi connectivity index (χ3n) is 3.81. The van der Waals surface area contributed by atoms with Crippen molar-refractivity contribution in [3.8, 4) is 0 Å². The Morgan fingerprint density at radius 2 is 1.83 bits per heavy atom. The van der Waals surface area contributed by atoms with Crippen LogP contribution in [0, 0.1) is 0 Å². The second-order valence-corrected chi connectivity index (χ2v) is 5.06. The summed E-state index contributed by atoms with van der Waals surface area (Å²) in [5.74, 6) is 0. The Kier molecular flexibility index (Phi) is 8.03. The summed E-state index contributed by atoms with van der Waals surface area (Å²) in [7, 11) is 1.96. The number of aryl methyl sites for hydroxylation is 1. The van der Waals surface area contributed by atoms with Crippen molar-refractivity contribution in [1.82, 2.24) is 10.9 Å². The lowest BCUT2D eigenvalue weighted by Crippen LogP contribution is -2.25. The second kappa shape index (κ2) is 9.50. The van der Waals surface area contributed by atoms with Gasteiger partial charge in [0, 0.05) is 37.6 Å². The van der Waals surface area contributed by atoms with E-state index in [1.54, 1.807) is 12.3 Å². The quantitative estimate of drug-likeness (QED) is 0.838. The third kappa shape index (κ3) is 4.44. The lowest BCUT2D eigenvalue weighted by atomic mass is 9.92. The first-order valence-electron chi connectivity index (χ1n) is 8.50. The Hall–Kier alpha value is -1.62. The average Bonchev–Trinajstić information content (AvgIpc) is 3.12. The zero-order valence-corrected chi connectivity index (χ0v) is 14.8. The molecule has 0 bridgehead atoms. The van der Waals surface area contributed by atoms with Crippen molar-refractivity contribution in [3.05, 3.63) is 35.0 Å². The molecule has 0 amide bonds. The van der Waals surface area contributed by atoms with Crippen LogP contribution in [0.2, 0.25) is 0 Å². The van der Waals surface area contributed by atoms with Crippen molar-refractivity contribution >= 4 is 11.3 Å². The molecule has 1 aromatic carbocycles. The second-order valence-electron chi connectivity index (χ2n) is 5.06. The smallest absolute Gasteiger partial charge is 0.264 e. The molecule has 2 aliphatic heterocycles. The summed E-state index contributed by atoms with van der Waals surface area (Å²) in [6.45, 7) is 9.51. The summed E-state index contributed by atoms with van der Waals surface area (Å²) >= 11 is 0. The van der Waals surface area contributed by atoms with Gasteiger partial charge >= 0.3 is 0 Å². The lowest BCUT2D eigenvalue weighted by Gasteiger charge is -2.29. The minimum atomic E-state index is -2.45. The standard InChI is InChI=1S/C14H17F2N3.2C2H6/c1-19-4-2-3-9-5-11(10-7-17-18-8-10)12(14(15)16)6-13(9)19;2*1-2/h5-7,14,17-18H,2-4,8H2,1H3;2*1-2H3. The minimum Gasteiger partial charge on any atom is -0.374 e.